The van der Waals surface area contributed by atoms with Gasteiger partial charge < -0.3 is 10.6 Å². The van der Waals surface area contributed by atoms with Gasteiger partial charge in [-0.25, -0.2) is 4.39 Å². The molecule has 2 N–H and O–H groups in total. The van der Waals surface area contributed by atoms with Crippen molar-refractivity contribution in [1.82, 2.24) is 10.6 Å². The van der Waals surface area contributed by atoms with E-state index in [1.165, 1.54) is 6.07 Å². The van der Waals surface area contributed by atoms with E-state index in [1.54, 1.807) is 24.9 Å². The summed E-state index contributed by atoms with van der Waals surface area (Å²) in [5.74, 6) is 3.34. The van der Waals surface area contributed by atoms with Crippen LogP contribution in [0.3, 0.4) is 0 Å². The van der Waals surface area contributed by atoms with E-state index in [0.29, 0.717) is 6.54 Å². The lowest BCUT2D eigenvalue weighted by Gasteiger charge is -2.14. The Hall–Kier alpha value is -1.14. The highest BCUT2D eigenvalue weighted by atomic mass is 32.2. The highest BCUT2D eigenvalue weighted by Gasteiger charge is 2.05. The molecule has 0 aliphatic carbocycles. The van der Waals surface area contributed by atoms with Gasteiger partial charge in [-0.1, -0.05) is 12.1 Å². The number of benzene rings is 1. The Morgan fingerprint density at radius 3 is 2.86 bits per heavy atom. The van der Waals surface area contributed by atoms with Crippen molar-refractivity contribution in [3.8, 4) is 0 Å². The molecule has 1 aromatic rings. The molecule has 1 rings (SSSR count). The van der Waals surface area contributed by atoms with Crippen LogP contribution in [0.5, 0.6) is 0 Å². The SMILES string of the molecule is C=CCSCCNC(=NC)NCc1ccc(F)cc1CSC. The van der Waals surface area contributed by atoms with Crippen LogP contribution in [0.4, 0.5) is 4.39 Å². The highest BCUT2D eigenvalue weighted by Crippen LogP contribution is 2.16. The fourth-order valence-electron chi connectivity index (χ4n) is 1.86. The average molecular weight is 342 g/mol. The molecule has 0 aromatic heterocycles. The third-order valence-corrected chi connectivity index (χ3v) is 4.48. The fraction of sp³-hybridized carbons (Fsp3) is 0.438. The van der Waals surface area contributed by atoms with Gasteiger partial charge in [-0.15, -0.1) is 6.58 Å². The lowest BCUT2D eigenvalue weighted by molar-refractivity contribution is 0.625. The second-order valence-electron chi connectivity index (χ2n) is 4.56. The first-order chi connectivity index (χ1) is 10.7. The Morgan fingerprint density at radius 2 is 2.18 bits per heavy atom. The van der Waals surface area contributed by atoms with Crippen LogP contribution in [0.15, 0.2) is 35.8 Å². The number of halogens is 1. The molecule has 0 saturated heterocycles. The highest BCUT2D eigenvalue weighted by molar-refractivity contribution is 7.99. The van der Waals surface area contributed by atoms with Crippen LogP contribution in [-0.4, -0.2) is 37.3 Å². The first-order valence-electron chi connectivity index (χ1n) is 7.10. The van der Waals surface area contributed by atoms with Gasteiger partial charge in [0.2, 0.25) is 0 Å². The Labute approximate surface area is 141 Å². The summed E-state index contributed by atoms with van der Waals surface area (Å²) in [6.07, 6.45) is 3.92. The van der Waals surface area contributed by atoms with Crippen LogP contribution in [0, 0.1) is 5.82 Å². The van der Waals surface area contributed by atoms with Gasteiger partial charge in [0.15, 0.2) is 5.96 Å². The molecule has 0 spiro atoms. The molecule has 0 heterocycles. The number of nitrogens with zero attached hydrogens (tertiary/aromatic N) is 1. The molecule has 3 nitrogen and oxygen atoms in total. The number of rotatable bonds is 9. The molecule has 1 aromatic carbocycles. The molecule has 0 bridgehead atoms. The number of nitrogens with one attached hydrogen (secondary N) is 2. The van der Waals surface area contributed by atoms with E-state index >= 15 is 0 Å². The Bertz CT molecular complexity index is 492. The molecule has 0 aliphatic rings. The summed E-state index contributed by atoms with van der Waals surface area (Å²) in [6, 6.07) is 4.94. The number of aliphatic imine (C=N–C) groups is 1. The lowest BCUT2D eigenvalue weighted by atomic mass is 10.1. The van der Waals surface area contributed by atoms with Gasteiger partial charge in [0.25, 0.3) is 0 Å². The van der Waals surface area contributed by atoms with Crippen LogP contribution in [-0.2, 0) is 12.3 Å². The van der Waals surface area contributed by atoms with Crippen LogP contribution < -0.4 is 10.6 Å². The van der Waals surface area contributed by atoms with Crippen molar-refractivity contribution in [3.63, 3.8) is 0 Å². The number of hydrogen-bond acceptors (Lipinski definition) is 3. The summed E-state index contributed by atoms with van der Waals surface area (Å²) < 4.78 is 13.3. The maximum Gasteiger partial charge on any atom is 0.191 e. The molecule has 0 atom stereocenters. The second kappa shape index (κ2) is 11.4. The van der Waals surface area contributed by atoms with Crippen LogP contribution in [0.25, 0.3) is 0 Å². The van der Waals surface area contributed by atoms with E-state index in [9.17, 15) is 4.39 Å². The predicted octanol–water partition coefficient (Wildman–Crippen LogP) is 3.27. The van der Waals surface area contributed by atoms with Gasteiger partial charge in [-0.2, -0.15) is 23.5 Å². The monoisotopic (exact) mass is 341 g/mol. The van der Waals surface area contributed by atoms with Crippen molar-refractivity contribution >= 4 is 29.5 Å². The molecule has 0 amide bonds. The molecule has 122 valence electrons. The minimum atomic E-state index is -0.186. The summed E-state index contributed by atoms with van der Waals surface area (Å²) in [7, 11) is 1.75. The standard InChI is InChI=1S/C16H24FN3S2/c1-4-8-22-9-7-19-16(18-2)20-11-13-5-6-15(17)10-14(13)12-21-3/h4-6,10H,1,7-9,11-12H2,2-3H3,(H2,18,19,20). The van der Waals surface area contributed by atoms with Crippen molar-refractivity contribution in [1.29, 1.82) is 0 Å². The Morgan fingerprint density at radius 1 is 1.36 bits per heavy atom. The summed E-state index contributed by atoms with van der Waals surface area (Å²) in [4.78, 5) is 4.20. The molecule has 0 radical (unpaired) electrons. The first kappa shape index (κ1) is 18.9. The van der Waals surface area contributed by atoms with Gasteiger partial charge in [0, 0.05) is 37.4 Å². The molecule has 22 heavy (non-hydrogen) atoms. The van der Waals surface area contributed by atoms with Gasteiger partial charge in [-0.3, -0.25) is 4.99 Å². The quantitative estimate of drug-likeness (QED) is 0.313. The van der Waals surface area contributed by atoms with E-state index in [2.05, 4.69) is 22.2 Å². The topological polar surface area (TPSA) is 36.4 Å². The predicted molar refractivity (Wildman–Crippen MR) is 99.3 cm³/mol. The summed E-state index contributed by atoms with van der Waals surface area (Å²) in [6.45, 7) is 5.18. The van der Waals surface area contributed by atoms with E-state index < -0.39 is 0 Å². The van der Waals surface area contributed by atoms with Gasteiger partial charge in [0.05, 0.1) is 0 Å². The van der Waals surface area contributed by atoms with E-state index in [0.717, 1.165) is 40.9 Å². The molecule has 0 aliphatic heterocycles. The number of hydrogen-bond donors (Lipinski definition) is 2. The summed E-state index contributed by atoms with van der Waals surface area (Å²) in [5, 5.41) is 6.54. The Balaban J connectivity index is 2.47. The van der Waals surface area contributed by atoms with Crippen LogP contribution >= 0.6 is 23.5 Å². The largest absolute Gasteiger partial charge is 0.356 e. The average Bonchev–Trinajstić information content (AvgIpc) is 2.52. The lowest BCUT2D eigenvalue weighted by Crippen LogP contribution is -2.38. The third kappa shape index (κ3) is 7.22. The van der Waals surface area contributed by atoms with Crippen molar-refractivity contribution in [2.75, 3.05) is 31.4 Å². The van der Waals surface area contributed by atoms with Gasteiger partial charge in [-0.05, 0) is 29.5 Å². The number of thioether (sulfide) groups is 2. The zero-order valence-electron chi connectivity index (χ0n) is 13.2. The fourth-order valence-corrected chi connectivity index (χ4v) is 3.02. The molecule has 0 saturated carbocycles. The maximum atomic E-state index is 13.3. The van der Waals surface area contributed by atoms with E-state index in [4.69, 9.17) is 0 Å². The maximum absolute atomic E-state index is 13.3. The molecule has 6 heteroatoms. The zero-order chi connectivity index (χ0) is 16.2. The summed E-state index contributed by atoms with van der Waals surface area (Å²) in [5.41, 5.74) is 2.12. The minimum Gasteiger partial charge on any atom is -0.356 e. The van der Waals surface area contributed by atoms with E-state index in [-0.39, 0.29) is 5.82 Å². The third-order valence-electron chi connectivity index (χ3n) is 2.91. The Kier molecular flexibility index (Phi) is 9.82. The van der Waals surface area contributed by atoms with Crippen molar-refractivity contribution in [2.45, 2.75) is 12.3 Å². The molecule has 0 unspecified atom stereocenters. The number of guanidine groups is 1. The van der Waals surface area contributed by atoms with Crippen LogP contribution in [0.2, 0.25) is 0 Å². The summed E-state index contributed by atoms with van der Waals surface area (Å²) >= 11 is 3.51. The van der Waals surface area contributed by atoms with Gasteiger partial charge >= 0.3 is 0 Å². The van der Waals surface area contributed by atoms with E-state index in [1.807, 2.05) is 30.2 Å². The van der Waals surface area contributed by atoms with Crippen molar-refractivity contribution in [3.05, 3.63) is 47.8 Å². The van der Waals surface area contributed by atoms with Crippen molar-refractivity contribution < 1.29 is 4.39 Å². The molecular weight excluding hydrogens is 317 g/mol. The molecule has 0 fully saturated rings. The second-order valence-corrected chi connectivity index (χ2v) is 6.58. The zero-order valence-corrected chi connectivity index (χ0v) is 14.8. The smallest absolute Gasteiger partial charge is 0.191 e. The van der Waals surface area contributed by atoms with Gasteiger partial charge in [0.1, 0.15) is 5.82 Å². The van der Waals surface area contributed by atoms with Crippen LogP contribution in [0.1, 0.15) is 11.1 Å². The molecular formula is C16H24FN3S2. The minimum absolute atomic E-state index is 0.186. The van der Waals surface area contributed by atoms with Crippen molar-refractivity contribution in [2.24, 2.45) is 4.99 Å². The normalized spacial score (nSPS) is 11.3. The first-order valence-corrected chi connectivity index (χ1v) is 9.65.